The molecule has 2 heterocycles. The molecule has 0 spiro atoms. The van der Waals surface area contributed by atoms with Crippen molar-refractivity contribution in [1.82, 2.24) is 9.97 Å². The molecule has 24 heavy (non-hydrogen) atoms. The molecule has 118 valence electrons. The molecule has 3 aromatic carbocycles. The van der Waals surface area contributed by atoms with E-state index in [0.29, 0.717) is 0 Å². The minimum absolute atomic E-state index is 0.766. The molecule has 5 aromatic rings. The van der Waals surface area contributed by atoms with Crippen LogP contribution in [0.1, 0.15) is 0 Å². The Kier molecular flexibility index (Phi) is 2.59. The molecule has 2 aromatic heterocycles. The van der Waals surface area contributed by atoms with Crippen LogP contribution >= 0.6 is 0 Å². The van der Waals surface area contributed by atoms with Gasteiger partial charge in [-0.2, -0.15) is 0 Å². The molecule has 0 aliphatic carbocycles. The maximum Gasteiger partial charge on any atom is 0.171 e. The number of methoxy groups -OCH3 is 2. The van der Waals surface area contributed by atoms with E-state index in [1.165, 1.54) is 0 Å². The van der Waals surface area contributed by atoms with E-state index in [-0.39, 0.29) is 0 Å². The Hall–Kier alpha value is -3.14. The highest BCUT2D eigenvalue weighted by Gasteiger charge is 2.22. The molecule has 0 saturated carbocycles. The molecule has 5 rings (SSSR count). The zero-order valence-corrected chi connectivity index (χ0v) is 13.4. The van der Waals surface area contributed by atoms with Crippen molar-refractivity contribution in [3.63, 3.8) is 0 Å². The number of ether oxygens (including phenoxy) is 2. The van der Waals surface area contributed by atoms with Gasteiger partial charge in [0.1, 0.15) is 0 Å². The average molecular weight is 316 g/mol. The monoisotopic (exact) mass is 316 g/mol. The summed E-state index contributed by atoms with van der Waals surface area (Å²) in [6.07, 6.45) is 0. The van der Waals surface area contributed by atoms with Gasteiger partial charge in [0.05, 0.1) is 36.0 Å². The number of nitrogens with one attached hydrogen (secondary N) is 2. The maximum atomic E-state index is 5.78. The van der Waals surface area contributed by atoms with E-state index < -0.39 is 0 Å². The Morgan fingerprint density at radius 1 is 0.625 bits per heavy atom. The fourth-order valence-electron chi connectivity index (χ4n) is 3.75. The minimum Gasteiger partial charge on any atom is -0.492 e. The fraction of sp³-hybridized carbons (Fsp3) is 0.100. The fourth-order valence-corrected chi connectivity index (χ4v) is 3.75. The van der Waals surface area contributed by atoms with E-state index in [9.17, 15) is 0 Å². The molecule has 0 aliphatic heterocycles. The highest BCUT2D eigenvalue weighted by Crippen LogP contribution is 2.48. The Balaban J connectivity index is 2.16. The number of aromatic amines is 2. The van der Waals surface area contributed by atoms with Gasteiger partial charge in [-0.25, -0.2) is 0 Å². The summed E-state index contributed by atoms with van der Waals surface area (Å²) in [6, 6.07) is 16.5. The average Bonchev–Trinajstić information content (AvgIpc) is 3.19. The van der Waals surface area contributed by atoms with Crippen molar-refractivity contribution in [2.75, 3.05) is 14.2 Å². The third-order valence-electron chi connectivity index (χ3n) is 4.73. The van der Waals surface area contributed by atoms with Crippen LogP contribution in [-0.4, -0.2) is 24.2 Å². The second-order valence-electron chi connectivity index (χ2n) is 5.91. The first-order chi connectivity index (χ1) is 11.8. The lowest BCUT2D eigenvalue weighted by atomic mass is 10.1. The van der Waals surface area contributed by atoms with Gasteiger partial charge in [-0.1, -0.05) is 36.4 Å². The van der Waals surface area contributed by atoms with Crippen LogP contribution in [0.2, 0.25) is 0 Å². The van der Waals surface area contributed by atoms with Gasteiger partial charge >= 0.3 is 0 Å². The smallest absolute Gasteiger partial charge is 0.171 e. The summed E-state index contributed by atoms with van der Waals surface area (Å²) in [5.41, 5.74) is 4.25. The molecule has 0 bridgehead atoms. The molecular formula is C20H16N2O2. The van der Waals surface area contributed by atoms with Crippen molar-refractivity contribution in [1.29, 1.82) is 0 Å². The van der Waals surface area contributed by atoms with Crippen molar-refractivity contribution in [3.05, 3.63) is 48.5 Å². The summed E-state index contributed by atoms with van der Waals surface area (Å²) in [5.74, 6) is 1.53. The van der Waals surface area contributed by atoms with Crippen molar-refractivity contribution < 1.29 is 9.47 Å². The number of fused-ring (bicyclic) bond motifs is 7. The molecule has 4 nitrogen and oxygen atoms in total. The van der Waals surface area contributed by atoms with Gasteiger partial charge < -0.3 is 19.4 Å². The van der Waals surface area contributed by atoms with E-state index >= 15 is 0 Å². The summed E-state index contributed by atoms with van der Waals surface area (Å²) < 4.78 is 11.6. The lowest BCUT2D eigenvalue weighted by Gasteiger charge is -2.11. The Morgan fingerprint density at radius 2 is 1.04 bits per heavy atom. The van der Waals surface area contributed by atoms with E-state index in [1.807, 2.05) is 24.3 Å². The predicted octanol–water partition coefficient (Wildman–Crippen LogP) is 4.97. The van der Waals surface area contributed by atoms with Gasteiger partial charge in [0.2, 0.25) is 0 Å². The minimum atomic E-state index is 0.766. The molecule has 0 atom stereocenters. The lowest BCUT2D eigenvalue weighted by Crippen LogP contribution is -1.92. The highest BCUT2D eigenvalue weighted by atomic mass is 16.5. The first-order valence-corrected chi connectivity index (χ1v) is 7.88. The van der Waals surface area contributed by atoms with E-state index in [4.69, 9.17) is 9.47 Å². The maximum absolute atomic E-state index is 5.78. The molecule has 0 unspecified atom stereocenters. The molecule has 0 saturated heterocycles. The van der Waals surface area contributed by atoms with Gasteiger partial charge in [-0.05, 0) is 12.1 Å². The van der Waals surface area contributed by atoms with Gasteiger partial charge in [0.25, 0.3) is 0 Å². The van der Waals surface area contributed by atoms with Gasteiger partial charge in [0, 0.05) is 21.8 Å². The standard InChI is InChI=1S/C20H16N2O2/c1-23-19-15-11-7-3-5-9-13(11)21-17(15)18-16(20(19)24-2)12-8-4-6-10-14(12)22-18/h3-10,21-22H,1-2H3. The molecular weight excluding hydrogens is 300 g/mol. The van der Waals surface area contributed by atoms with Crippen LogP contribution in [0.3, 0.4) is 0 Å². The zero-order valence-electron chi connectivity index (χ0n) is 13.4. The third-order valence-corrected chi connectivity index (χ3v) is 4.73. The van der Waals surface area contributed by atoms with Crippen molar-refractivity contribution >= 4 is 43.6 Å². The van der Waals surface area contributed by atoms with Crippen LogP contribution < -0.4 is 9.47 Å². The molecule has 0 fully saturated rings. The first kappa shape index (κ1) is 13.3. The van der Waals surface area contributed by atoms with Crippen molar-refractivity contribution in [2.24, 2.45) is 0 Å². The van der Waals surface area contributed by atoms with Gasteiger partial charge in [-0.15, -0.1) is 0 Å². The van der Waals surface area contributed by atoms with Crippen LogP contribution in [0.25, 0.3) is 43.6 Å². The summed E-state index contributed by atoms with van der Waals surface area (Å²) in [7, 11) is 3.39. The van der Waals surface area contributed by atoms with Crippen LogP contribution in [0.5, 0.6) is 11.5 Å². The molecule has 0 aliphatic rings. The Morgan fingerprint density at radius 3 is 1.46 bits per heavy atom. The number of hydrogen-bond acceptors (Lipinski definition) is 2. The zero-order chi connectivity index (χ0) is 16.3. The number of benzene rings is 3. The van der Waals surface area contributed by atoms with Crippen molar-refractivity contribution in [3.8, 4) is 11.5 Å². The van der Waals surface area contributed by atoms with E-state index in [0.717, 1.165) is 55.1 Å². The van der Waals surface area contributed by atoms with Crippen LogP contribution in [0.15, 0.2) is 48.5 Å². The number of hydrogen-bond donors (Lipinski definition) is 2. The highest BCUT2D eigenvalue weighted by molar-refractivity contribution is 6.26. The normalized spacial score (nSPS) is 11.8. The predicted molar refractivity (Wildman–Crippen MR) is 98.3 cm³/mol. The third kappa shape index (κ3) is 1.52. The summed E-state index contributed by atoms with van der Waals surface area (Å²) in [4.78, 5) is 7.08. The van der Waals surface area contributed by atoms with Crippen molar-refractivity contribution in [2.45, 2.75) is 0 Å². The topological polar surface area (TPSA) is 50.0 Å². The molecule has 2 N–H and O–H groups in total. The van der Waals surface area contributed by atoms with E-state index in [1.54, 1.807) is 14.2 Å². The summed E-state index contributed by atoms with van der Waals surface area (Å²) in [6.45, 7) is 0. The quantitative estimate of drug-likeness (QED) is 0.483. The second kappa shape index (κ2) is 4.68. The molecule has 0 radical (unpaired) electrons. The lowest BCUT2D eigenvalue weighted by molar-refractivity contribution is 0.362. The second-order valence-corrected chi connectivity index (χ2v) is 5.91. The number of rotatable bonds is 2. The van der Waals surface area contributed by atoms with Gasteiger partial charge in [-0.3, -0.25) is 0 Å². The van der Waals surface area contributed by atoms with E-state index in [2.05, 4.69) is 34.2 Å². The number of H-pyrrole nitrogens is 2. The van der Waals surface area contributed by atoms with Crippen LogP contribution in [-0.2, 0) is 0 Å². The van der Waals surface area contributed by atoms with Crippen LogP contribution in [0, 0.1) is 0 Å². The first-order valence-electron chi connectivity index (χ1n) is 7.88. The largest absolute Gasteiger partial charge is 0.492 e. The molecule has 0 amide bonds. The Bertz CT molecular complexity index is 1130. The molecule has 4 heteroatoms. The SMILES string of the molecule is COc1c(OC)c2c3ccccc3[nH]c2c2[nH]c3ccccc3c12. The van der Waals surface area contributed by atoms with Crippen LogP contribution in [0.4, 0.5) is 0 Å². The summed E-state index contributed by atoms with van der Waals surface area (Å²) >= 11 is 0. The number of para-hydroxylation sites is 2. The summed E-state index contributed by atoms with van der Waals surface area (Å²) in [5, 5.41) is 4.35. The Labute approximate surface area is 138 Å². The van der Waals surface area contributed by atoms with Gasteiger partial charge in [0.15, 0.2) is 11.5 Å². The number of aromatic nitrogens is 2.